The van der Waals surface area contributed by atoms with Crippen molar-refractivity contribution in [1.29, 1.82) is 0 Å². The molecule has 2 aromatic carbocycles. The zero-order chi connectivity index (χ0) is 18.6. The molecule has 132 valence electrons. The van der Waals surface area contributed by atoms with Crippen LogP contribution in [-0.2, 0) is 10.8 Å². The molecule has 25 heavy (non-hydrogen) atoms. The van der Waals surface area contributed by atoms with E-state index in [0.29, 0.717) is 5.88 Å². The minimum atomic E-state index is -0.0294. The van der Waals surface area contributed by atoms with Crippen molar-refractivity contribution >= 4 is 32.8 Å². The molecule has 0 fully saturated rings. The summed E-state index contributed by atoms with van der Waals surface area (Å²) < 4.78 is 7.11. The summed E-state index contributed by atoms with van der Waals surface area (Å²) in [6.07, 6.45) is 0. The Bertz CT molecular complexity index is 939. The van der Waals surface area contributed by atoms with E-state index >= 15 is 0 Å². The molecule has 0 saturated carbocycles. The summed E-state index contributed by atoms with van der Waals surface area (Å²) in [7, 11) is 0. The molecule has 1 heterocycles. The Labute approximate surface area is 158 Å². The Kier molecular flexibility index (Phi) is 4.27. The minimum Gasteiger partial charge on any atom is -0.440 e. The number of furan rings is 1. The van der Waals surface area contributed by atoms with Gasteiger partial charge in [0.1, 0.15) is 5.58 Å². The Morgan fingerprint density at radius 3 is 2.16 bits per heavy atom. The van der Waals surface area contributed by atoms with E-state index in [2.05, 4.69) is 81.7 Å². The first-order valence-electron chi connectivity index (χ1n) is 8.61. The number of anilines is 1. The highest BCUT2D eigenvalue weighted by molar-refractivity contribution is 9.10. The van der Waals surface area contributed by atoms with Crippen LogP contribution in [0.2, 0.25) is 0 Å². The van der Waals surface area contributed by atoms with Crippen LogP contribution in [0.3, 0.4) is 0 Å². The monoisotopic (exact) mass is 399 g/mol. The molecule has 1 aromatic heterocycles. The maximum Gasteiger partial charge on any atom is 0.199 e. The molecule has 0 amide bonds. The fourth-order valence-electron chi connectivity index (χ4n) is 3.15. The quantitative estimate of drug-likeness (QED) is 0.476. The topological polar surface area (TPSA) is 39.2 Å². The predicted molar refractivity (Wildman–Crippen MR) is 111 cm³/mol. The maximum absolute atomic E-state index is 6.32. The molecule has 0 unspecified atom stereocenters. The highest BCUT2D eigenvalue weighted by Gasteiger charge is 2.27. The molecule has 0 atom stereocenters. The molecule has 0 aliphatic carbocycles. The zero-order valence-corrected chi connectivity index (χ0v) is 17.4. The normalized spacial score (nSPS) is 12.8. The van der Waals surface area contributed by atoms with E-state index in [9.17, 15) is 0 Å². The van der Waals surface area contributed by atoms with Crippen molar-refractivity contribution in [3.05, 3.63) is 52.0 Å². The number of halogens is 1. The van der Waals surface area contributed by atoms with Gasteiger partial charge in [-0.2, -0.15) is 0 Å². The largest absolute Gasteiger partial charge is 0.440 e. The molecule has 3 aromatic rings. The van der Waals surface area contributed by atoms with Crippen LogP contribution in [0.25, 0.3) is 22.1 Å². The van der Waals surface area contributed by atoms with E-state index in [1.54, 1.807) is 0 Å². The van der Waals surface area contributed by atoms with Crippen molar-refractivity contribution in [3.8, 4) is 11.1 Å². The summed E-state index contributed by atoms with van der Waals surface area (Å²) >= 11 is 3.56. The van der Waals surface area contributed by atoms with Crippen molar-refractivity contribution in [1.82, 2.24) is 0 Å². The molecule has 0 saturated heterocycles. The minimum absolute atomic E-state index is 0.0294. The number of hydrogen-bond acceptors (Lipinski definition) is 2. The van der Waals surface area contributed by atoms with Crippen LogP contribution in [0, 0.1) is 0 Å². The number of nitrogen functional groups attached to an aromatic ring is 1. The Morgan fingerprint density at radius 2 is 1.60 bits per heavy atom. The average Bonchev–Trinajstić information content (AvgIpc) is 2.79. The summed E-state index contributed by atoms with van der Waals surface area (Å²) in [5.74, 6) is 0.477. The van der Waals surface area contributed by atoms with Gasteiger partial charge in [0.05, 0.1) is 5.56 Å². The summed E-state index contributed by atoms with van der Waals surface area (Å²) in [4.78, 5) is 0. The molecule has 0 bridgehead atoms. The molecular weight excluding hydrogens is 374 g/mol. The number of rotatable bonds is 1. The van der Waals surface area contributed by atoms with Gasteiger partial charge in [-0.3, -0.25) is 0 Å². The molecule has 3 rings (SSSR count). The lowest BCUT2D eigenvalue weighted by Gasteiger charge is -2.25. The molecular formula is C22H26BrNO. The third-order valence-corrected chi connectivity index (χ3v) is 5.10. The van der Waals surface area contributed by atoms with Gasteiger partial charge in [0, 0.05) is 15.4 Å². The highest BCUT2D eigenvalue weighted by atomic mass is 79.9. The fourth-order valence-corrected chi connectivity index (χ4v) is 3.55. The summed E-state index contributed by atoms with van der Waals surface area (Å²) in [5.41, 5.74) is 11.8. The Balaban J connectivity index is 2.42. The number of benzene rings is 2. The van der Waals surface area contributed by atoms with E-state index in [-0.39, 0.29) is 10.8 Å². The molecule has 3 heteroatoms. The molecule has 0 aliphatic heterocycles. The van der Waals surface area contributed by atoms with E-state index < -0.39 is 0 Å². The lowest BCUT2D eigenvalue weighted by molar-refractivity contribution is 0.555. The van der Waals surface area contributed by atoms with Crippen LogP contribution in [0.5, 0.6) is 0 Å². The molecule has 0 radical (unpaired) electrons. The van der Waals surface area contributed by atoms with Crippen molar-refractivity contribution < 1.29 is 4.42 Å². The van der Waals surface area contributed by atoms with E-state index in [0.717, 1.165) is 26.6 Å². The van der Waals surface area contributed by atoms with Crippen molar-refractivity contribution in [2.45, 2.75) is 52.4 Å². The van der Waals surface area contributed by atoms with E-state index in [4.69, 9.17) is 10.2 Å². The lowest BCUT2D eigenvalue weighted by atomic mass is 9.79. The zero-order valence-electron chi connectivity index (χ0n) is 15.8. The van der Waals surface area contributed by atoms with Crippen LogP contribution in [-0.4, -0.2) is 0 Å². The summed E-state index contributed by atoms with van der Waals surface area (Å²) in [6, 6.07) is 12.7. The van der Waals surface area contributed by atoms with Gasteiger partial charge in [-0.25, -0.2) is 0 Å². The third-order valence-electron chi connectivity index (χ3n) is 4.60. The highest BCUT2D eigenvalue weighted by Crippen LogP contribution is 2.43. The van der Waals surface area contributed by atoms with Gasteiger partial charge in [-0.05, 0) is 40.2 Å². The molecule has 2 N–H and O–H groups in total. The summed E-state index contributed by atoms with van der Waals surface area (Å²) in [5, 5.41) is 1.09. The van der Waals surface area contributed by atoms with Gasteiger partial charge in [-0.1, -0.05) is 75.7 Å². The number of fused-ring (bicyclic) bond motifs is 1. The number of nitrogens with two attached hydrogens (primary N) is 1. The van der Waals surface area contributed by atoms with Crippen molar-refractivity contribution in [3.63, 3.8) is 0 Å². The van der Waals surface area contributed by atoms with Crippen LogP contribution in [0.1, 0.15) is 52.7 Å². The van der Waals surface area contributed by atoms with Crippen molar-refractivity contribution in [2.24, 2.45) is 0 Å². The summed E-state index contributed by atoms with van der Waals surface area (Å²) in [6.45, 7) is 13.4. The first kappa shape index (κ1) is 18.1. The SMILES string of the molecule is CC(C)(C)c1cc(C(C)(C)C)c2oc(N)c(-c3cccc(Br)c3)c2c1. The predicted octanol–water partition coefficient (Wildman–Crippen LogP) is 7.04. The maximum atomic E-state index is 6.32. The van der Waals surface area contributed by atoms with Gasteiger partial charge in [0.25, 0.3) is 0 Å². The van der Waals surface area contributed by atoms with Crippen LogP contribution >= 0.6 is 15.9 Å². The second-order valence-corrected chi connectivity index (χ2v) is 9.67. The third kappa shape index (κ3) is 3.35. The molecule has 0 spiro atoms. The second-order valence-electron chi connectivity index (χ2n) is 8.75. The van der Waals surface area contributed by atoms with Gasteiger partial charge >= 0.3 is 0 Å². The Morgan fingerprint density at radius 1 is 0.920 bits per heavy atom. The van der Waals surface area contributed by atoms with Crippen LogP contribution < -0.4 is 5.73 Å². The van der Waals surface area contributed by atoms with Gasteiger partial charge in [0.2, 0.25) is 0 Å². The fraction of sp³-hybridized carbons (Fsp3) is 0.364. The number of hydrogen-bond donors (Lipinski definition) is 1. The second kappa shape index (κ2) is 5.91. The first-order valence-corrected chi connectivity index (χ1v) is 9.40. The van der Waals surface area contributed by atoms with Crippen LogP contribution in [0.15, 0.2) is 45.3 Å². The molecule has 2 nitrogen and oxygen atoms in total. The smallest absolute Gasteiger partial charge is 0.199 e. The van der Waals surface area contributed by atoms with E-state index in [1.165, 1.54) is 11.1 Å². The van der Waals surface area contributed by atoms with Crippen molar-refractivity contribution in [2.75, 3.05) is 5.73 Å². The van der Waals surface area contributed by atoms with E-state index in [1.807, 2.05) is 12.1 Å². The average molecular weight is 400 g/mol. The van der Waals surface area contributed by atoms with Gasteiger partial charge in [-0.15, -0.1) is 0 Å². The van der Waals surface area contributed by atoms with Gasteiger partial charge in [0.15, 0.2) is 5.88 Å². The standard InChI is InChI=1S/C22H26BrNO/c1-21(2,3)14-11-16-18(13-8-7-9-15(23)10-13)20(24)25-19(16)17(12-14)22(4,5)6/h7-12H,24H2,1-6H3. The van der Waals surface area contributed by atoms with Crippen LogP contribution in [0.4, 0.5) is 5.88 Å². The molecule has 0 aliphatic rings. The Hall–Kier alpha value is -1.74. The first-order chi connectivity index (χ1) is 11.5. The lowest BCUT2D eigenvalue weighted by Crippen LogP contribution is -2.16. The van der Waals surface area contributed by atoms with Gasteiger partial charge < -0.3 is 10.2 Å².